The molecule has 0 saturated heterocycles. The van der Waals surface area contributed by atoms with Gasteiger partial charge in [-0.2, -0.15) is 0 Å². The first-order valence-electron chi connectivity index (χ1n) is 7.53. The zero-order valence-electron chi connectivity index (χ0n) is 14.3. The average Bonchev–Trinajstić information content (AvgIpc) is 2.65. The first-order valence-corrected chi connectivity index (χ1v) is 7.53. The number of carbonyl (C=O) groups excluding carboxylic acids is 3. The Morgan fingerprint density at radius 2 is 1.62 bits per heavy atom. The van der Waals surface area contributed by atoms with Crippen LogP contribution in [0.4, 0.5) is 5.69 Å². The zero-order chi connectivity index (χ0) is 19.1. The minimum Gasteiger partial charge on any atom is -0.493 e. The third-order valence-electron chi connectivity index (χ3n) is 3.36. The van der Waals surface area contributed by atoms with E-state index in [-0.39, 0.29) is 18.3 Å². The SMILES string of the molecule is COC(=O)c1ccc(C(=O)Nc2ccc(OC)c(OCC(N)=O)c2)cc1. The van der Waals surface area contributed by atoms with Crippen LogP contribution in [0.1, 0.15) is 20.7 Å². The van der Waals surface area contributed by atoms with Gasteiger partial charge in [-0.05, 0) is 36.4 Å². The Bertz CT molecular complexity index is 817. The minimum atomic E-state index is -0.632. The van der Waals surface area contributed by atoms with Gasteiger partial charge in [0.05, 0.1) is 19.8 Å². The van der Waals surface area contributed by atoms with Crippen LogP contribution >= 0.6 is 0 Å². The fraction of sp³-hybridized carbons (Fsp3) is 0.167. The summed E-state index contributed by atoms with van der Waals surface area (Å²) in [4.78, 5) is 34.6. The van der Waals surface area contributed by atoms with E-state index in [0.29, 0.717) is 22.6 Å². The monoisotopic (exact) mass is 358 g/mol. The molecule has 2 amide bonds. The van der Waals surface area contributed by atoms with Crippen molar-refractivity contribution in [3.8, 4) is 11.5 Å². The lowest BCUT2D eigenvalue weighted by molar-refractivity contribution is -0.119. The summed E-state index contributed by atoms with van der Waals surface area (Å²) >= 11 is 0. The molecule has 0 bridgehead atoms. The number of primary amides is 1. The van der Waals surface area contributed by atoms with E-state index in [2.05, 4.69) is 10.1 Å². The number of carbonyl (C=O) groups is 3. The quantitative estimate of drug-likeness (QED) is 0.726. The van der Waals surface area contributed by atoms with Gasteiger partial charge in [0, 0.05) is 17.3 Å². The molecule has 0 aliphatic heterocycles. The molecule has 136 valence electrons. The van der Waals surface area contributed by atoms with Crippen LogP contribution in [0.2, 0.25) is 0 Å². The van der Waals surface area contributed by atoms with Crippen molar-refractivity contribution in [3.63, 3.8) is 0 Å². The number of nitrogens with one attached hydrogen (secondary N) is 1. The van der Waals surface area contributed by atoms with E-state index >= 15 is 0 Å². The molecule has 0 spiro atoms. The highest BCUT2D eigenvalue weighted by Crippen LogP contribution is 2.30. The number of rotatable bonds is 7. The first kappa shape index (κ1) is 18.8. The summed E-state index contributed by atoms with van der Waals surface area (Å²) in [7, 11) is 2.73. The van der Waals surface area contributed by atoms with Crippen molar-refractivity contribution in [3.05, 3.63) is 53.6 Å². The molecule has 0 unspecified atom stereocenters. The van der Waals surface area contributed by atoms with Gasteiger partial charge in [-0.1, -0.05) is 0 Å². The number of methoxy groups -OCH3 is 2. The molecular formula is C18H18N2O6. The standard InChI is InChI=1S/C18H18N2O6/c1-24-14-8-7-13(9-15(14)26-10-16(19)21)20-17(22)11-3-5-12(6-4-11)18(23)25-2/h3-9H,10H2,1-2H3,(H2,19,21)(H,20,22). The summed E-state index contributed by atoms with van der Waals surface area (Å²) in [6.45, 7) is -0.317. The summed E-state index contributed by atoms with van der Waals surface area (Å²) in [5, 5.41) is 2.69. The predicted octanol–water partition coefficient (Wildman–Crippen LogP) is 1.60. The maximum absolute atomic E-state index is 12.3. The molecule has 0 saturated carbocycles. The highest BCUT2D eigenvalue weighted by Gasteiger charge is 2.12. The number of benzene rings is 2. The molecule has 0 fully saturated rings. The van der Waals surface area contributed by atoms with Gasteiger partial charge in [0.15, 0.2) is 18.1 Å². The van der Waals surface area contributed by atoms with Crippen LogP contribution in [0, 0.1) is 0 Å². The average molecular weight is 358 g/mol. The maximum Gasteiger partial charge on any atom is 0.337 e. The van der Waals surface area contributed by atoms with Gasteiger partial charge in [-0.15, -0.1) is 0 Å². The second-order valence-corrected chi connectivity index (χ2v) is 5.14. The summed E-state index contributed by atoms with van der Waals surface area (Å²) in [5.74, 6) is -0.834. The number of esters is 1. The van der Waals surface area contributed by atoms with Crippen molar-refractivity contribution in [2.45, 2.75) is 0 Å². The highest BCUT2D eigenvalue weighted by atomic mass is 16.5. The smallest absolute Gasteiger partial charge is 0.337 e. The van der Waals surface area contributed by atoms with Crippen LogP contribution in [-0.4, -0.2) is 38.6 Å². The van der Waals surface area contributed by atoms with Gasteiger partial charge in [0.2, 0.25) is 0 Å². The number of anilines is 1. The van der Waals surface area contributed by atoms with E-state index < -0.39 is 11.9 Å². The molecule has 8 nitrogen and oxygen atoms in total. The Balaban J connectivity index is 2.14. The van der Waals surface area contributed by atoms with E-state index in [1.54, 1.807) is 12.1 Å². The summed E-state index contributed by atoms with van der Waals surface area (Å²) in [5.41, 5.74) is 6.20. The molecule has 0 radical (unpaired) electrons. The van der Waals surface area contributed by atoms with Crippen molar-refractivity contribution >= 4 is 23.5 Å². The Morgan fingerprint density at radius 1 is 0.962 bits per heavy atom. The van der Waals surface area contributed by atoms with Gasteiger partial charge in [0.1, 0.15) is 0 Å². The number of hydrogen-bond donors (Lipinski definition) is 2. The molecule has 2 aromatic rings. The molecule has 0 heterocycles. The number of nitrogens with two attached hydrogens (primary N) is 1. The van der Waals surface area contributed by atoms with Crippen LogP contribution in [0.15, 0.2) is 42.5 Å². The first-order chi connectivity index (χ1) is 12.4. The third kappa shape index (κ3) is 4.73. The van der Waals surface area contributed by atoms with Gasteiger partial charge < -0.3 is 25.3 Å². The predicted molar refractivity (Wildman–Crippen MR) is 93.4 cm³/mol. The molecule has 0 aliphatic rings. The molecule has 26 heavy (non-hydrogen) atoms. The van der Waals surface area contributed by atoms with Crippen LogP contribution in [-0.2, 0) is 9.53 Å². The lowest BCUT2D eigenvalue weighted by atomic mass is 10.1. The molecule has 0 aromatic heterocycles. The van der Waals surface area contributed by atoms with Crippen molar-refractivity contribution in [2.24, 2.45) is 5.73 Å². The van der Waals surface area contributed by atoms with Crippen molar-refractivity contribution in [1.82, 2.24) is 0 Å². The molecule has 0 atom stereocenters. The minimum absolute atomic E-state index is 0.269. The number of amides is 2. The van der Waals surface area contributed by atoms with Gasteiger partial charge >= 0.3 is 5.97 Å². The fourth-order valence-electron chi connectivity index (χ4n) is 2.09. The Hall–Kier alpha value is -3.55. The Labute approximate surface area is 149 Å². The van der Waals surface area contributed by atoms with Crippen molar-refractivity contribution in [1.29, 1.82) is 0 Å². The van der Waals surface area contributed by atoms with Gasteiger partial charge in [-0.3, -0.25) is 9.59 Å². The molecule has 3 N–H and O–H groups in total. The number of ether oxygens (including phenoxy) is 3. The largest absolute Gasteiger partial charge is 0.493 e. The van der Waals surface area contributed by atoms with E-state index in [1.807, 2.05) is 0 Å². The van der Waals surface area contributed by atoms with Gasteiger partial charge in [0.25, 0.3) is 11.8 Å². The lowest BCUT2D eigenvalue weighted by Crippen LogP contribution is -2.20. The molecule has 8 heteroatoms. The lowest BCUT2D eigenvalue weighted by Gasteiger charge is -2.12. The van der Waals surface area contributed by atoms with Crippen molar-refractivity contribution in [2.75, 3.05) is 26.1 Å². The van der Waals surface area contributed by atoms with E-state index in [0.717, 1.165) is 0 Å². The van der Waals surface area contributed by atoms with E-state index in [9.17, 15) is 14.4 Å². The fourth-order valence-corrected chi connectivity index (χ4v) is 2.09. The maximum atomic E-state index is 12.3. The van der Waals surface area contributed by atoms with Crippen LogP contribution in [0.25, 0.3) is 0 Å². The Kier molecular flexibility index (Phi) is 6.15. The third-order valence-corrected chi connectivity index (χ3v) is 3.36. The summed E-state index contributed by atoms with van der Waals surface area (Å²) < 4.78 is 15.0. The topological polar surface area (TPSA) is 117 Å². The molecule has 2 aromatic carbocycles. The number of hydrogen-bond acceptors (Lipinski definition) is 6. The normalized spacial score (nSPS) is 9.92. The van der Waals surface area contributed by atoms with E-state index in [4.69, 9.17) is 15.2 Å². The summed E-state index contributed by atoms with van der Waals surface area (Å²) in [6.07, 6.45) is 0. The molecule has 2 rings (SSSR count). The second kappa shape index (κ2) is 8.52. The van der Waals surface area contributed by atoms with Crippen LogP contribution in [0.5, 0.6) is 11.5 Å². The van der Waals surface area contributed by atoms with Gasteiger partial charge in [-0.25, -0.2) is 4.79 Å². The second-order valence-electron chi connectivity index (χ2n) is 5.14. The highest BCUT2D eigenvalue weighted by molar-refractivity contribution is 6.05. The zero-order valence-corrected chi connectivity index (χ0v) is 14.3. The van der Waals surface area contributed by atoms with E-state index in [1.165, 1.54) is 44.6 Å². The van der Waals surface area contributed by atoms with Crippen molar-refractivity contribution < 1.29 is 28.6 Å². The van der Waals surface area contributed by atoms with Crippen LogP contribution < -0.4 is 20.5 Å². The Morgan fingerprint density at radius 3 is 2.19 bits per heavy atom. The molecular weight excluding hydrogens is 340 g/mol. The van der Waals surface area contributed by atoms with Crippen LogP contribution in [0.3, 0.4) is 0 Å². The summed E-state index contributed by atoms with van der Waals surface area (Å²) in [6, 6.07) is 10.7. The molecule has 0 aliphatic carbocycles.